The van der Waals surface area contributed by atoms with E-state index in [1.807, 2.05) is 0 Å². The summed E-state index contributed by atoms with van der Waals surface area (Å²) in [5.74, 6) is 2.70. The average molecular weight is 167 g/mol. The molecule has 0 aromatic carbocycles. The molecule has 2 heteroatoms. The topological polar surface area (TPSA) is 46.2 Å². The van der Waals surface area contributed by atoms with Gasteiger partial charge in [0.2, 0.25) is 0 Å². The zero-order chi connectivity index (χ0) is 8.29. The van der Waals surface area contributed by atoms with Crippen LogP contribution in [0.1, 0.15) is 25.7 Å². The van der Waals surface area contributed by atoms with Gasteiger partial charge < -0.3 is 10.8 Å². The molecule has 0 saturated heterocycles. The van der Waals surface area contributed by atoms with E-state index in [0.717, 1.165) is 11.8 Å². The highest BCUT2D eigenvalue weighted by molar-refractivity contribution is 5.04. The molecule has 4 aliphatic carbocycles. The normalized spacial score (nSPS) is 62.5. The number of aliphatic hydroxyl groups is 1. The third-order valence-electron chi connectivity index (χ3n) is 4.44. The Labute approximate surface area is 73.1 Å². The number of hydrogen-bond acceptors (Lipinski definition) is 2. The Kier molecular flexibility index (Phi) is 1.37. The Morgan fingerprint density at radius 1 is 1.00 bits per heavy atom. The van der Waals surface area contributed by atoms with E-state index in [2.05, 4.69) is 0 Å². The van der Waals surface area contributed by atoms with Crippen molar-refractivity contribution in [1.29, 1.82) is 0 Å². The Bertz CT molecular complexity index is 188. The first-order chi connectivity index (χ1) is 5.75. The van der Waals surface area contributed by atoms with Gasteiger partial charge in [0.15, 0.2) is 0 Å². The molecule has 4 rings (SSSR count). The maximum atomic E-state index is 9.92. The Morgan fingerprint density at radius 3 is 2.58 bits per heavy atom. The van der Waals surface area contributed by atoms with Gasteiger partial charge in [-0.3, -0.25) is 0 Å². The Morgan fingerprint density at radius 2 is 1.75 bits per heavy atom. The number of rotatable bonds is 0. The summed E-state index contributed by atoms with van der Waals surface area (Å²) in [5, 5.41) is 9.92. The fourth-order valence-corrected chi connectivity index (χ4v) is 3.93. The van der Waals surface area contributed by atoms with Gasteiger partial charge in [-0.05, 0) is 43.4 Å². The van der Waals surface area contributed by atoms with E-state index in [1.165, 1.54) is 25.7 Å². The van der Waals surface area contributed by atoms with Crippen LogP contribution in [-0.2, 0) is 0 Å². The zero-order valence-electron chi connectivity index (χ0n) is 7.32. The quantitative estimate of drug-likeness (QED) is 0.559. The second-order valence-corrected chi connectivity index (χ2v) is 5.06. The smallest absolute Gasteiger partial charge is 0.0611 e. The molecule has 0 amide bonds. The predicted octanol–water partition coefficient (Wildman–Crippen LogP) is 0.741. The molecule has 0 heterocycles. The molecule has 68 valence electrons. The zero-order valence-corrected chi connectivity index (χ0v) is 7.32. The highest BCUT2D eigenvalue weighted by atomic mass is 16.3. The summed E-state index contributed by atoms with van der Waals surface area (Å²) in [6, 6.07) is 0.313. The minimum atomic E-state index is -0.0622. The summed E-state index contributed by atoms with van der Waals surface area (Å²) < 4.78 is 0. The van der Waals surface area contributed by atoms with Crippen molar-refractivity contribution in [2.45, 2.75) is 37.8 Å². The molecule has 2 nitrogen and oxygen atoms in total. The van der Waals surface area contributed by atoms with Gasteiger partial charge in [0.25, 0.3) is 0 Å². The molecular weight excluding hydrogens is 150 g/mol. The van der Waals surface area contributed by atoms with Gasteiger partial charge in [-0.1, -0.05) is 0 Å². The van der Waals surface area contributed by atoms with Crippen LogP contribution in [0.15, 0.2) is 0 Å². The summed E-state index contributed by atoms with van der Waals surface area (Å²) in [6.45, 7) is 0. The summed E-state index contributed by atoms with van der Waals surface area (Å²) in [6.07, 6.45) is 4.97. The lowest BCUT2D eigenvalue weighted by Crippen LogP contribution is -2.59. The van der Waals surface area contributed by atoms with Crippen molar-refractivity contribution in [2.75, 3.05) is 0 Å². The maximum absolute atomic E-state index is 9.92. The van der Waals surface area contributed by atoms with Crippen molar-refractivity contribution in [1.82, 2.24) is 0 Å². The highest BCUT2D eigenvalue weighted by Gasteiger charge is 2.51. The maximum Gasteiger partial charge on any atom is 0.0611 e. The third-order valence-corrected chi connectivity index (χ3v) is 4.44. The second kappa shape index (κ2) is 2.24. The molecule has 0 aliphatic heterocycles. The van der Waals surface area contributed by atoms with E-state index in [4.69, 9.17) is 5.73 Å². The van der Waals surface area contributed by atoms with Gasteiger partial charge in [-0.25, -0.2) is 0 Å². The fourth-order valence-electron chi connectivity index (χ4n) is 3.93. The summed E-state index contributed by atoms with van der Waals surface area (Å²) in [5.41, 5.74) is 6.10. The number of nitrogens with two attached hydrogens (primary N) is 1. The van der Waals surface area contributed by atoms with Crippen molar-refractivity contribution < 1.29 is 5.11 Å². The van der Waals surface area contributed by atoms with Crippen LogP contribution in [0.2, 0.25) is 0 Å². The van der Waals surface area contributed by atoms with Crippen molar-refractivity contribution >= 4 is 0 Å². The Hall–Kier alpha value is -0.0800. The molecule has 0 aromatic heterocycles. The van der Waals surface area contributed by atoms with Gasteiger partial charge in [0.1, 0.15) is 0 Å². The van der Waals surface area contributed by atoms with Gasteiger partial charge >= 0.3 is 0 Å². The van der Waals surface area contributed by atoms with Crippen LogP contribution < -0.4 is 5.73 Å². The van der Waals surface area contributed by atoms with Crippen LogP contribution in [0.4, 0.5) is 0 Å². The van der Waals surface area contributed by atoms with E-state index >= 15 is 0 Å². The number of aliphatic hydroxyl groups excluding tert-OH is 1. The summed E-state index contributed by atoms with van der Waals surface area (Å²) in [7, 11) is 0. The lowest BCUT2D eigenvalue weighted by molar-refractivity contribution is -0.104. The SMILES string of the molecule is N[C@H]1[C@H]2CC3C[C@H](C2)[C@@H](O)[C@@H]1C3. The lowest BCUT2D eigenvalue weighted by atomic mass is 9.53. The molecule has 0 radical (unpaired) electrons. The standard InChI is InChI=1S/C10H17NO/c11-9-6-1-5-2-7(4-6)10(12)8(9)3-5/h5-10,12H,1-4,11H2/t5?,6-,7+,8+,9-,10+/m0/s1. The lowest BCUT2D eigenvalue weighted by Gasteiger charge is -2.55. The Balaban J connectivity index is 1.93. The molecule has 0 spiro atoms. The van der Waals surface area contributed by atoms with Crippen molar-refractivity contribution in [3.63, 3.8) is 0 Å². The second-order valence-electron chi connectivity index (χ2n) is 5.06. The molecule has 4 bridgehead atoms. The van der Waals surface area contributed by atoms with Crippen LogP contribution in [0.3, 0.4) is 0 Å². The van der Waals surface area contributed by atoms with E-state index in [9.17, 15) is 5.11 Å². The molecule has 0 aromatic rings. The van der Waals surface area contributed by atoms with Gasteiger partial charge in [-0.15, -0.1) is 0 Å². The van der Waals surface area contributed by atoms with Gasteiger partial charge in [0.05, 0.1) is 6.10 Å². The molecule has 6 atom stereocenters. The van der Waals surface area contributed by atoms with Crippen LogP contribution in [0.25, 0.3) is 0 Å². The van der Waals surface area contributed by atoms with Crippen LogP contribution in [0.5, 0.6) is 0 Å². The molecular formula is C10H17NO. The molecule has 1 unspecified atom stereocenters. The molecule has 12 heavy (non-hydrogen) atoms. The molecule has 4 fully saturated rings. The third kappa shape index (κ3) is 0.775. The first-order valence-electron chi connectivity index (χ1n) is 5.19. The van der Waals surface area contributed by atoms with Crippen LogP contribution in [0, 0.1) is 23.7 Å². The van der Waals surface area contributed by atoms with Crippen molar-refractivity contribution in [2.24, 2.45) is 29.4 Å². The van der Waals surface area contributed by atoms with E-state index < -0.39 is 0 Å². The highest BCUT2D eigenvalue weighted by Crippen LogP contribution is 2.53. The first kappa shape index (κ1) is 7.34. The minimum Gasteiger partial charge on any atom is -0.392 e. The molecule has 4 aliphatic rings. The minimum absolute atomic E-state index is 0.0622. The van der Waals surface area contributed by atoms with E-state index in [-0.39, 0.29) is 6.10 Å². The van der Waals surface area contributed by atoms with Gasteiger partial charge in [0, 0.05) is 12.0 Å². The van der Waals surface area contributed by atoms with E-state index in [0.29, 0.717) is 17.9 Å². The summed E-state index contributed by atoms with van der Waals surface area (Å²) in [4.78, 5) is 0. The van der Waals surface area contributed by atoms with Crippen LogP contribution >= 0.6 is 0 Å². The summed E-state index contributed by atoms with van der Waals surface area (Å²) >= 11 is 0. The van der Waals surface area contributed by atoms with Crippen LogP contribution in [-0.4, -0.2) is 17.3 Å². The van der Waals surface area contributed by atoms with Crippen molar-refractivity contribution in [3.8, 4) is 0 Å². The largest absolute Gasteiger partial charge is 0.392 e. The fraction of sp³-hybridized carbons (Fsp3) is 1.00. The molecule has 4 saturated carbocycles. The molecule has 3 N–H and O–H groups in total. The monoisotopic (exact) mass is 167 g/mol. The van der Waals surface area contributed by atoms with E-state index in [1.54, 1.807) is 0 Å². The van der Waals surface area contributed by atoms with Crippen molar-refractivity contribution in [3.05, 3.63) is 0 Å². The average Bonchev–Trinajstić information content (AvgIpc) is 2.07. The van der Waals surface area contributed by atoms with Gasteiger partial charge in [-0.2, -0.15) is 0 Å². The first-order valence-corrected chi connectivity index (χ1v) is 5.19. The number of hydrogen-bond donors (Lipinski definition) is 2. The predicted molar refractivity (Wildman–Crippen MR) is 46.4 cm³/mol.